The van der Waals surface area contributed by atoms with E-state index in [0.29, 0.717) is 19.1 Å². The van der Waals surface area contributed by atoms with E-state index in [4.69, 9.17) is 6.42 Å². The van der Waals surface area contributed by atoms with Crippen LogP contribution in [0.4, 0.5) is 4.39 Å². The van der Waals surface area contributed by atoms with E-state index < -0.39 is 5.97 Å². The lowest BCUT2D eigenvalue weighted by molar-refractivity contribution is -0.144. The van der Waals surface area contributed by atoms with Gasteiger partial charge in [-0.25, -0.2) is 4.39 Å². The highest BCUT2D eigenvalue weighted by molar-refractivity contribution is 5.94. The van der Waals surface area contributed by atoms with Crippen LogP contribution in [0.2, 0.25) is 0 Å². The molecule has 1 aliphatic rings. The summed E-state index contributed by atoms with van der Waals surface area (Å²) in [6, 6.07) is 6.86. The van der Waals surface area contributed by atoms with Crippen molar-refractivity contribution in [1.82, 2.24) is 10.2 Å². The molecule has 6 heteroatoms. The largest absolute Gasteiger partial charge is 0.469 e. The zero-order valence-corrected chi connectivity index (χ0v) is 15.0. The first-order valence-electron chi connectivity index (χ1n) is 8.80. The average molecular weight is 360 g/mol. The van der Waals surface area contributed by atoms with E-state index in [9.17, 15) is 14.0 Å². The van der Waals surface area contributed by atoms with Gasteiger partial charge in [0.1, 0.15) is 12.2 Å². The number of methoxy groups -OCH3 is 1. The maximum Gasteiger partial charge on any atom is 0.315 e. The van der Waals surface area contributed by atoms with E-state index in [1.807, 2.05) is 0 Å². The van der Waals surface area contributed by atoms with Gasteiger partial charge >= 0.3 is 5.97 Å². The van der Waals surface area contributed by atoms with E-state index in [1.54, 1.807) is 12.1 Å². The van der Waals surface area contributed by atoms with Crippen LogP contribution in [0.25, 0.3) is 0 Å². The number of rotatable bonds is 7. The standard InChI is InChI=1S/C20H25FN2O3/c1-3-12-23(14-15-4-6-16(21)7-5-15)18-10-8-17(9-11-18)22-19(24)13-20(25)26-2/h1,4-7,17-18H,8-14H2,2H3,(H,22,24). The molecular weight excluding hydrogens is 335 g/mol. The Morgan fingerprint density at radius 1 is 1.27 bits per heavy atom. The third-order valence-electron chi connectivity index (χ3n) is 4.70. The number of terminal acetylenes is 1. The molecule has 0 spiro atoms. The molecule has 1 fully saturated rings. The number of hydrogen-bond donors (Lipinski definition) is 1. The van der Waals surface area contributed by atoms with Gasteiger partial charge in [0.2, 0.25) is 5.91 Å². The Kier molecular flexibility index (Phi) is 7.61. The van der Waals surface area contributed by atoms with Gasteiger partial charge in [0.15, 0.2) is 0 Å². The van der Waals surface area contributed by atoms with Crippen LogP contribution in [0.3, 0.4) is 0 Å². The van der Waals surface area contributed by atoms with Gasteiger partial charge in [0, 0.05) is 18.6 Å². The predicted octanol–water partition coefficient (Wildman–Crippen LogP) is 2.25. The molecule has 0 radical (unpaired) electrons. The van der Waals surface area contributed by atoms with Crippen LogP contribution in [0, 0.1) is 18.2 Å². The number of benzene rings is 1. The first-order valence-corrected chi connectivity index (χ1v) is 8.80. The molecule has 0 aromatic heterocycles. The predicted molar refractivity (Wildman–Crippen MR) is 96.5 cm³/mol. The zero-order valence-electron chi connectivity index (χ0n) is 15.0. The quantitative estimate of drug-likeness (QED) is 0.460. The highest BCUT2D eigenvalue weighted by atomic mass is 19.1. The SMILES string of the molecule is C#CCN(Cc1ccc(F)cc1)C1CCC(NC(=O)CC(=O)OC)CC1. The topological polar surface area (TPSA) is 58.6 Å². The van der Waals surface area contributed by atoms with Crippen LogP contribution in [0.5, 0.6) is 0 Å². The van der Waals surface area contributed by atoms with Crippen LogP contribution in [-0.4, -0.2) is 42.5 Å². The minimum Gasteiger partial charge on any atom is -0.469 e. The minimum absolute atomic E-state index is 0.0712. The molecule has 1 aliphatic carbocycles. The maximum atomic E-state index is 13.1. The Bertz CT molecular complexity index is 646. The van der Waals surface area contributed by atoms with E-state index in [-0.39, 0.29) is 24.2 Å². The third-order valence-corrected chi connectivity index (χ3v) is 4.70. The fourth-order valence-corrected chi connectivity index (χ4v) is 3.32. The van der Waals surface area contributed by atoms with Crippen molar-refractivity contribution in [1.29, 1.82) is 0 Å². The van der Waals surface area contributed by atoms with Gasteiger partial charge in [-0.3, -0.25) is 14.5 Å². The monoisotopic (exact) mass is 360 g/mol. The molecule has 1 saturated carbocycles. The summed E-state index contributed by atoms with van der Waals surface area (Å²) in [5.41, 5.74) is 1.02. The number of hydrogen-bond acceptors (Lipinski definition) is 4. The number of ether oxygens (including phenoxy) is 1. The van der Waals surface area contributed by atoms with Crippen molar-refractivity contribution < 1.29 is 18.7 Å². The highest BCUT2D eigenvalue weighted by Gasteiger charge is 2.26. The van der Waals surface area contributed by atoms with Gasteiger partial charge in [0.25, 0.3) is 0 Å². The van der Waals surface area contributed by atoms with Crippen molar-refractivity contribution in [3.05, 3.63) is 35.6 Å². The molecule has 5 nitrogen and oxygen atoms in total. The summed E-state index contributed by atoms with van der Waals surface area (Å²) in [6.07, 6.45) is 8.76. The van der Waals surface area contributed by atoms with Gasteiger partial charge < -0.3 is 10.1 Å². The number of carbonyl (C=O) groups is 2. The Hall–Kier alpha value is -2.39. The van der Waals surface area contributed by atoms with Gasteiger partial charge in [-0.1, -0.05) is 18.1 Å². The van der Waals surface area contributed by atoms with E-state index in [0.717, 1.165) is 31.2 Å². The van der Waals surface area contributed by atoms with Crippen LogP contribution < -0.4 is 5.32 Å². The fraction of sp³-hybridized carbons (Fsp3) is 0.500. The van der Waals surface area contributed by atoms with Crippen LogP contribution in [0.15, 0.2) is 24.3 Å². The first kappa shape index (κ1) is 19.9. The maximum absolute atomic E-state index is 13.1. The van der Waals surface area contributed by atoms with Crippen molar-refractivity contribution in [3.63, 3.8) is 0 Å². The second kappa shape index (κ2) is 9.93. The molecule has 26 heavy (non-hydrogen) atoms. The molecule has 0 unspecified atom stereocenters. The molecule has 1 aromatic carbocycles. The summed E-state index contributed by atoms with van der Waals surface area (Å²) in [5, 5.41) is 2.89. The van der Waals surface area contributed by atoms with Crippen molar-refractivity contribution in [2.45, 2.75) is 50.7 Å². The summed E-state index contributed by atoms with van der Waals surface area (Å²) in [4.78, 5) is 25.1. The normalized spacial score (nSPS) is 19.6. The van der Waals surface area contributed by atoms with E-state index >= 15 is 0 Å². The molecule has 1 aromatic rings. The molecule has 0 heterocycles. The number of nitrogens with one attached hydrogen (secondary N) is 1. The Morgan fingerprint density at radius 2 is 1.92 bits per heavy atom. The van der Waals surface area contributed by atoms with E-state index in [2.05, 4.69) is 20.9 Å². The summed E-state index contributed by atoms with van der Waals surface area (Å²) >= 11 is 0. The second-order valence-electron chi connectivity index (χ2n) is 6.56. The molecule has 0 atom stereocenters. The lowest BCUT2D eigenvalue weighted by Gasteiger charge is -2.36. The molecule has 140 valence electrons. The molecule has 0 bridgehead atoms. The summed E-state index contributed by atoms with van der Waals surface area (Å²) in [5.74, 6) is 1.62. The van der Waals surface area contributed by atoms with Crippen LogP contribution in [-0.2, 0) is 20.9 Å². The van der Waals surface area contributed by atoms with Crippen LogP contribution in [0.1, 0.15) is 37.7 Å². The van der Waals surface area contributed by atoms with Gasteiger partial charge in [0.05, 0.1) is 13.7 Å². The van der Waals surface area contributed by atoms with Gasteiger partial charge in [-0.05, 0) is 43.4 Å². The third kappa shape index (κ3) is 6.16. The molecule has 2 rings (SSSR count). The summed E-state index contributed by atoms with van der Waals surface area (Å²) in [7, 11) is 1.27. The Labute approximate surface area is 153 Å². The summed E-state index contributed by atoms with van der Waals surface area (Å²) < 4.78 is 17.6. The lowest BCUT2D eigenvalue weighted by atomic mass is 9.89. The fourth-order valence-electron chi connectivity index (χ4n) is 3.32. The highest BCUT2D eigenvalue weighted by Crippen LogP contribution is 2.24. The van der Waals surface area contributed by atoms with Gasteiger partial charge in [-0.15, -0.1) is 6.42 Å². The van der Waals surface area contributed by atoms with E-state index in [1.165, 1.54) is 19.2 Å². The van der Waals surface area contributed by atoms with Crippen molar-refractivity contribution in [2.24, 2.45) is 0 Å². The molecule has 1 amide bonds. The van der Waals surface area contributed by atoms with Crippen LogP contribution >= 0.6 is 0 Å². The smallest absolute Gasteiger partial charge is 0.315 e. The van der Waals surface area contributed by atoms with Gasteiger partial charge in [-0.2, -0.15) is 0 Å². The molecular formula is C20H25FN2O3. The number of esters is 1. The molecule has 0 saturated heterocycles. The number of halogens is 1. The number of nitrogens with zero attached hydrogens (tertiary/aromatic N) is 1. The zero-order chi connectivity index (χ0) is 18.9. The second-order valence-corrected chi connectivity index (χ2v) is 6.56. The lowest BCUT2D eigenvalue weighted by Crippen LogP contribution is -2.44. The molecule has 0 aliphatic heterocycles. The Balaban J connectivity index is 1.85. The number of amides is 1. The Morgan fingerprint density at radius 3 is 2.50 bits per heavy atom. The first-order chi connectivity index (χ1) is 12.5. The number of carbonyl (C=O) groups excluding carboxylic acids is 2. The average Bonchev–Trinajstić information content (AvgIpc) is 2.63. The summed E-state index contributed by atoms with van der Waals surface area (Å²) in [6.45, 7) is 1.20. The minimum atomic E-state index is -0.532. The molecule has 1 N–H and O–H groups in total. The van der Waals surface area contributed by atoms with Crippen molar-refractivity contribution >= 4 is 11.9 Å². The van der Waals surface area contributed by atoms with Crippen molar-refractivity contribution in [2.75, 3.05) is 13.7 Å². The van der Waals surface area contributed by atoms with Crippen molar-refractivity contribution in [3.8, 4) is 12.3 Å².